The van der Waals surface area contributed by atoms with Gasteiger partial charge in [-0.2, -0.15) is 0 Å². The lowest BCUT2D eigenvalue weighted by Crippen LogP contribution is -2.62. The summed E-state index contributed by atoms with van der Waals surface area (Å²) in [5.41, 5.74) is 2.14. The Kier molecular flexibility index (Phi) is 5.63. The first-order valence-electron chi connectivity index (χ1n) is 12.0. The van der Waals surface area contributed by atoms with Gasteiger partial charge >= 0.3 is 0 Å². The maximum absolute atomic E-state index is 14.8. The summed E-state index contributed by atoms with van der Waals surface area (Å²) in [5.74, 6) is 0.0162. The highest BCUT2D eigenvalue weighted by Crippen LogP contribution is 2.66. The number of hydrogen-bond acceptors (Lipinski definition) is 7. The van der Waals surface area contributed by atoms with Crippen molar-refractivity contribution in [3.63, 3.8) is 0 Å². The van der Waals surface area contributed by atoms with Crippen LogP contribution in [0.25, 0.3) is 0 Å². The molecule has 9 heteroatoms. The number of carbonyl (C=O) groups is 2. The summed E-state index contributed by atoms with van der Waals surface area (Å²) >= 11 is 7.23. The molecule has 4 heterocycles. The molecule has 2 saturated heterocycles. The standard InChI is InChI=1S/C28H26N4O3S2/c1-30-17-22(19-10-7-13-29-15-19)28(25(34)32(26(36)37-28)16-18-8-5-4-6-9-18)27(30)21-14-20(35-3)11-12-23(21)31(2)24(27)33/h4-15,22H,16-17H2,1-3H3/t22-,27+,28-/m0/s1. The molecule has 2 fully saturated rings. The maximum Gasteiger partial charge on any atom is 0.254 e. The molecule has 0 radical (unpaired) electrons. The van der Waals surface area contributed by atoms with Crippen LogP contribution in [0.15, 0.2) is 73.1 Å². The molecule has 2 aromatic carbocycles. The van der Waals surface area contributed by atoms with Crippen molar-refractivity contribution >= 4 is 45.8 Å². The number of hydrogen-bond donors (Lipinski definition) is 0. The summed E-state index contributed by atoms with van der Waals surface area (Å²) in [5, 5.41) is 0. The second-order valence-electron chi connectivity index (χ2n) is 9.66. The number of aromatic nitrogens is 1. The van der Waals surface area contributed by atoms with Crippen LogP contribution in [0.4, 0.5) is 5.69 Å². The Balaban J connectivity index is 1.60. The first kappa shape index (κ1) is 24.1. The summed E-state index contributed by atoms with van der Waals surface area (Å²) in [7, 11) is 5.30. The molecule has 7 nitrogen and oxygen atoms in total. The third-order valence-corrected chi connectivity index (χ3v) is 9.87. The Hall–Kier alpha value is -3.27. The van der Waals surface area contributed by atoms with E-state index >= 15 is 0 Å². The number of pyridine rings is 1. The lowest BCUT2D eigenvalue weighted by molar-refractivity contribution is -0.139. The number of likely N-dealkylation sites (tertiary alicyclic amines) is 1. The summed E-state index contributed by atoms with van der Waals surface area (Å²) in [6.45, 7) is 0.838. The van der Waals surface area contributed by atoms with Gasteiger partial charge in [0.2, 0.25) is 5.91 Å². The number of thioether (sulfide) groups is 1. The molecule has 0 N–H and O–H groups in total. The second kappa shape index (κ2) is 8.65. The molecule has 3 aliphatic rings. The molecule has 0 bridgehead atoms. The molecule has 37 heavy (non-hydrogen) atoms. The van der Waals surface area contributed by atoms with E-state index in [4.69, 9.17) is 17.0 Å². The fourth-order valence-corrected chi connectivity index (χ4v) is 8.41. The molecule has 1 aromatic heterocycles. The average molecular weight is 531 g/mol. The number of amides is 2. The zero-order chi connectivity index (χ0) is 25.9. The fraction of sp³-hybridized carbons (Fsp3) is 0.286. The minimum Gasteiger partial charge on any atom is -0.497 e. The monoisotopic (exact) mass is 530 g/mol. The molecule has 3 atom stereocenters. The predicted octanol–water partition coefficient (Wildman–Crippen LogP) is 3.79. The Morgan fingerprint density at radius 1 is 1.08 bits per heavy atom. The van der Waals surface area contributed by atoms with Crippen molar-refractivity contribution in [3.05, 3.63) is 89.7 Å². The summed E-state index contributed by atoms with van der Waals surface area (Å²) in [4.78, 5) is 39.0. The van der Waals surface area contributed by atoms with E-state index in [0.717, 1.165) is 22.4 Å². The Morgan fingerprint density at radius 2 is 1.86 bits per heavy atom. The third-order valence-electron chi connectivity index (χ3n) is 7.93. The van der Waals surface area contributed by atoms with Gasteiger partial charge in [-0.3, -0.25) is 24.4 Å². The van der Waals surface area contributed by atoms with Gasteiger partial charge in [0.05, 0.1) is 13.7 Å². The molecule has 0 saturated carbocycles. The van der Waals surface area contributed by atoms with Crippen LogP contribution in [0.2, 0.25) is 0 Å². The number of anilines is 1. The largest absolute Gasteiger partial charge is 0.497 e. The SMILES string of the molecule is COc1ccc2c(c1)[C@]1(C(=O)N2C)N(C)C[C@@H](c2cccnc2)[C@@]12SC(=S)N(Cc1ccccc1)C2=O. The highest BCUT2D eigenvalue weighted by molar-refractivity contribution is 8.25. The van der Waals surface area contributed by atoms with E-state index < -0.39 is 10.3 Å². The normalized spacial score (nSPS) is 27.1. The Labute approximate surface area is 225 Å². The van der Waals surface area contributed by atoms with E-state index in [1.165, 1.54) is 11.8 Å². The highest BCUT2D eigenvalue weighted by atomic mass is 32.2. The van der Waals surface area contributed by atoms with Gasteiger partial charge in [0, 0.05) is 43.2 Å². The highest BCUT2D eigenvalue weighted by Gasteiger charge is 2.78. The van der Waals surface area contributed by atoms with E-state index in [9.17, 15) is 9.59 Å². The maximum atomic E-state index is 14.8. The van der Waals surface area contributed by atoms with Gasteiger partial charge in [-0.15, -0.1) is 0 Å². The number of benzene rings is 2. The van der Waals surface area contributed by atoms with Crippen molar-refractivity contribution in [3.8, 4) is 5.75 Å². The van der Waals surface area contributed by atoms with Crippen LogP contribution >= 0.6 is 24.0 Å². The van der Waals surface area contributed by atoms with E-state index in [-0.39, 0.29) is 17.7 Å². The third kappa shape index (κ3) is 3.11. The first-order valence-corrected chi connectivity index (χ1v) is 13.3. The van der Waals surface area contributed by atoms with E-state index in [0.29, 0.717) is 23.2 Å². The van der Waals surface area contributed by atoms with Crippen LogP contribution in [0.3, 0.4) is 0 Å². The van der Waals surface area contributed by atoms with E-state index in [1.807, 2.05) is 72.6 Å². The summed E-state index contributed by atoms with van der Waals surface area (Å²) < 4.78 is 4.83. The van der Waals surface area contributed by atoms with Gasteiger partial charge in [-0.05, 0) is 42.4 Å². The zero-order valence-electron chi connectivity index (χ0n) is 20.7. The van der Waals surface area contributed by atoms with Crippen LogP contribution in [-0.4, -0.2) is 63.4 Å². The molecule has 3 aliphatic heterocycles. The fourth-order valence-electron chi connectivity index (χ4n) is 6.29. The average Bonchev–Trinajstić information content (AvgIpc) is 3.43. The van der Waals surface area contributed by atoms with Crippen LogP contribution in [0.1, 0.15) is 22.6 Å². The van der Waals surface area contributed by atoms with Gasteiger partial charge < -0.3 is 9.64 Å². The van der Waals surface area contributed by atoms with Crippen LogP contribution in [-0.2, 0) is 21.7 Å². The smallest absolute Gasteiger partial charge is 0.254 e. The molecule has 2 amide bonds. The number of fused-ring (bicyclic) bond motifs is 3. The number of rotatable bonds is 4. The Morgan fingerprint density at radius 3 is 2.57 bits per heavy atom. The first-order chi connectivity index (χ1) is 17.9. The molecule has 3 aromatic rings. The van der Waals surface area contributed by atoms with Crippen molar-refractivity contribution in [2.24, 2.45) is 0 Å². The van der Waals surface area contributed by atoms with Crippen molar-refractivity contribution < 1.29 is 14.3 Å². The molecular formula is C28H26N4O3S2. The topological polar surface area (TPSA) is 66.0 Å². The quantitative estimate of drug-likeness (QED) is 0.476. The number of likely N-dealkylation sites (N-methyl/N-ethyl adjacent to an activating group) is 2. The number of methoxy groups -OCH3 is 1. The molecule has 0 unspecified atom stereocenters. The van der Waals surface area contributed by atoms with Gasteiger partial charge in [0.25, 0.3) is 5.91 Å². The van der Waals surface area contributed by atoms with Crippen LogP contribution in [0.5, 0.6) is 5.75 Å². The predicted molar refractivity (Wildman–Crippen MR) is 148 cm³/mol. The number of carbonyl (C=O) groups excluding carboxylic acids is 2. The van der Waals surface area contributed by atoms with Gasteiger partial charge in [0.15, 0.2) is 5.54 Å². The van der Waals surface area contributed by atoms with Crippen LogP contribution < -0.4 is 9.64 Å². The van der Waals surface area contributed by atoms with Gasteiger partial charge in [-0.1, -0.05) is 60.4 Å². The summed E-state index contributed by atoms with van der Waals surface area (Å²) in [6.07, 6.45) is 3.51. The van der Waals surface area contributed by atoms with Gasteiger partial charge in [-0.25, -0.2) is 0 Å². The van der Waals surface area contributed by atoms with E-state index in [1.54, 1.807) is 36.4 Å². The number of thiocarbonyl (C=S) groups is 1. The second-order valence-corrected chi connectivity index (χ2v) is 11.5. The lowest BCUT2D eigenvalue weighted by Gasteiger charge is -2.42. The van der Waals surface area contributed by atoms with E-state index in [2.05, 4.69) is 4.98 Å². The molecule has 2 spiro atoms. The number of nitrogens with zero attached hydrogens (tertiary/aromatic N) is 4. The minimum atomic E-state index is -1.27. The van der Waals surface area contributed by atoms with Crippen molar-refractivity contribution in [2.45, 2.75) is 22.7 Å². The van der Waals surface area contributed by atoms with Crippen molar-refractivity contribution in [1.82, 2.24) is 14.8 Å². The van der Waals surface area contributed by atoms with Crippen molar-refractivity contribution in [2.75, 3.05) is 32.6 Å². The summed E-state index contributed by atoms with van der Waals surface area (Å²) in [6, 6.07) is 19.3. The molecule has 6 rings (SSSR count). The lowest BCUT2D eigenvalue weighted by atomic mass is 9.72. The van der Waals surface area contributed by atoms with Gasteiger partial charge in [0.1, 0.15) is 14.8 Å². The zero-order valence-corrected chi connectivity index (χ0v) is 22.4. The molecule has 188 valence electrons. The minimum absolute atomic E-state index is 0.144. The van der Waals surface area contributed by atoms with Crippen LogP contribution in [0, 0.1) is 0 Å². The van der Waals surface area contributed by atoms with Crippen molar-refractivity contribution in [1.29, 1.82) is 0 Å². The molecular weight excluding hydrogens is 504 g/mol. The number of ether oxygens (including phenoxy) is 1. The Bertz CT molecular complexity index is 1420. The molecule has 0 aliphatic carbocycles.